The molecule has 0 aromatic heterocycles. The second-order valence-corrected chi connectivity index (χ2v) is 12.4. The number of carbonyl (C=O) groups excluding carboxylic acids is 1. The maximum atomic E-state index is 13.0. The number of methoxy groups -OCH3 is 1. The number of nitrogens with one attached hydrogen (secondary N) is 1. The minimum absolute atomic E-state index is 0.249. The first kappa shape index (κ1) is 29.2. The number of rotatable bonds is 9. The monoisotopic (exact) mass is 566 g/mol. The fourth-order valence-corrected chi connectivity index (χ4v) is 7.34. The van der Waals surface area contributed by atoms with E-state index in [4.69, 9.17) is 16.3 Å². The van der Waals surface area contributed by atoms with E-state index < -0.39 is 0 Å². The predicted octanol–water partition coefficient (Wildman–Crippen LogP) is 5.98. The van der Waals surface area contributed by atoms with E-state index in [2.05, 4.69) is 44.3 Å². The van der Waals surface area contributed by atoms with Crippen molar-refractivity contribution in [3.05, 3.63) is 59.1 Å². The normalized spacial score (nSPS) is 23.5. The lowest BCUT2D eigenvalue weighted by atomic mass is 9.86. The number of halogens is 1. The molecule has 2 heterocycles. The zero-order chi connectivity index (χ0) is 27.7. The standard InChI is InChI=1S/C33H47ClN4O2/c1-40-32-14-7-6-13-31(32)38-21-19-37(20-22-38)30-17-18-36(24-26-9-8-10-28(34)23-26)25-27(30)15-16-33(39)35-29-11-4-2-3-5-12-29/h6-10,13-14,23,27,29-30H,2-5,11-12,15-22,24-25H2,1H3,(H,35,39)/t27-,30+/m0/s1. The number of benzene rings is 2. The van der Waals surface area contributed by atoms with E-state index in [9.17, 15) is 4.79 Å². The van der Waals surface area contributed by atoms with Crippen LogP contribution in [0.25, 0.3) is 0 Å². The quantitative estimate of drug-likeness (QED) is 0.378. The Hall–Kier alpha value is -2.28. The second kappa shape index (κ2) is 14.6. The Labute approximate surface area is 246 Å². The van der Waals surface area contributed by atoms with Crippen molar-refractivity contribution < 1.29 is 9.53 Å². The third kappa shape index (κ3) is 7.92. The summed E-state index contributed by atoms with van der Waals surface area (Å²) in [7, 11) is 1.75. The van der Waals surface area contributed by atoms with Gasteiger partial charge in [-0.15, -0.1) is 0 Å². The van der Waals surface area contributed by atoms with Crippen molar-refractivity contribution in [2.45, 2.75) is 76.4 Å². The van der Waals surface area contributed by atoms with E-state index in [1.54, 1.807) is 7.11 Å². The van der Waals surface area contributed by atoms with Gasteiger partial charge >= 0.3 is 0 Å². The van der Waals surface area contributed by atoms with Crippen LogP contribution in [-0.2, 0) is 11.3 Å². The molecule has 40 heavy (non-hydrogen) atoms. The number of para-hydroxylation sites is 2. The van der Waals surface area contributed by atoms with Crippen LogP contribution < -0.4 is 15.0 Å². The van der Waals surface area contributed by atoms with E-state index in [1.165, 1.54) is 36.9 Å². The van der Waals surface area contributed by atoms with Crippen molar-refractivity contribution in [1.82, 2.24) is 15.1 Å². The second-order valence-electron chi connectivity index (χ2n) is 12.0. The topological polar surface area (TPSA) is 48.1 Å². The molecule has 2 saturated heterocycles. The maximum absolute atomic E-state index is 13.0. The number of amides is 1. The van der Waals surface area contributed by atoms with Gasteiger partial charge < -0.3 is 15.0 Å². The van der Waals surface area contributed by atoms with Gasteiger partial charge in [-0.05, 0) is 68.0 Å². The Morgan fingerprint density at radius 2 is 1.73 bits per heavy atom. The summed E-state index contributed by atoms with van der Waals surface area (Å²) in [5.74, 6) is 1.67. The first-order valence-corrected chi connectivity index (χ1v) is 15.8. The molecule has 2 aromatic carbocycles. The lowest BCUT2D eigenvalue weighted by Gasteiger charge is -2.47. The van der Waals surface area contributed by atoms with E-state index in [1.807, 2.05) is 24.3 Å². The van der Waals surface area contributed by atoms with Gasteiger partial charge in [0.15, 0.2) is 0 Å². The number of carbonyl (C=O) groups is 1. The molecule has 1 N–H and O–H groups in total. The average molecular weight is 567 g/mol. The van der Waals surface area contributed by atoms with Gasteiger partial charge in [-0.3, -0.25) is 14.6 Å². The number of likely N-dealkylation sites (tertiary alicyclic amines) is 1. The molecule has 7 heteroatoms. The van der Waals surface area contributed by atoms with Crippen molar-refractivity contribution in [2.24, 2.45) is 5.92 Å². The Morgan fingerprint density at radius 3 is 2.48 bits per heavy atom. The van der Waals surface area contributed by atoms with Gasteiger partial charge in [0.1, 0.15) is 5.75 Å². The summed E-state index contributed by atoms with van der Waals surface area (Å²) >= 11 is 6.28. The molecule has 0 bridgehead atoms. The molecular weight excluding hydrogens is 520 g/mol. The first-order valence-electron chi connectivity index (χ1n) is 15.5. The number of hydrogen-bond donors (Lipinski definition) is 1. The van der Waals surface area contributed by atoms with Crippen LogP contribution in [0.5, 0.6) is 5.75 Å². The highest BCUT2D eigenvalue weighted by Crippen LogP contribution is 2.32. The van der Waals surface area contributed by atoms with Gasteiger partial charge in [-0.1, -0.05) is 61.5 Å². The van der Waals surface area contributed by atoms with Gasteiger partial charge in [0.25, 0.3) is 0 Å². The first-order chi connectivity index (χ1) is 19.6. The Bertz CT molecular complexity index is 1080. The average Bonchev–Trinajstić information content (AvgIpc) is 3.25. The molecule has 0 radical (unpaired) electrons. The number of ether oxygens (including phenoxy) is 1. The Kier molecular flexibility index (Phi) is 10.6. The highest BCUT2D eigenvalue weighted by atomic mass is 35.5. The molecular formula is C33H47ClN4O2. The van der Waals surface area contributed by atoms with Crippen LogP contribution in [0.1, 0.15) is 63.4 Å². The van der Waals surface area contributed by atoms with E-state index in [0.717, 1.165) is 82.3 Å². The fourth-order valence-electron chi connectivity index (χ4n) is 7.12. The molecule has 0 spiro atoms. The smallest absolute Gasteiger partial charge is 0.220 e. The van der Waals surface area contributed by atoms with Crippen molar-refractivity contribution in [1.29, 1.82) is 0 Å². The summed E-state index contributed by atoms with van der Waals surface area (Å²) in [5.41, 5.74) is 2.45. The summed E-state index contributed by atoms with van der Waals surface area (Å²) in [6.07, 6.45) is 10.1. The molecule has 2 aromatic rings. The number of nitrogens with zero attached hydrogens (tertiary/aromatic N) is 3. The van der Waals surface area contributed by atoms with Gasteiger partial charge in [-0.25, -0.2) is 0 Å². The zero-order valence-electron chi connectivity index (χ0n) is 24.2. The molecule has 3 fully saturated rings. The van der Waals surface area contributed by atoms with Gasteiger partial charge in [-0.2, -0.15) is 0 Å². The minimum atomic E-state index is 0.249. The third-order valence-corrected chi connectivity index (χ3v) is 9.48. The molecule has 5 rings (SSSR count). The lowest BCUT2D eigenvalue weighted by molar-refractivity contribution is -0.122. The van der Waals surface area contributed by atoms with Crippen LogP contribution in [0.15, 0.2) is 48.5 Å². The van der Waals surface area contributed by atoms with Crippen molar-refractivity contribution in [3.63, 3.8) is 0 Å². The molecule has 6 nitrogen and oxygen atoms in total. The molecule has 2 aliphatic heterocycles. The molecule has 1 amide bonds. The van der Waals surface area contributed by atoms with Gasteiger partial charge in [0, 0.05) is 62.8 Å². The Balaban J connectivity index is 1.21. The molecule has 1 saturated carbocycles. The zero-order valence-corrected chi connectivity index (χ0v) is 25.0. The summed E-state index contributed by atoms with van der Waals surface area (Å²) in [6.45, 7) is 7.11. The van der Waals surface area contributed by atoms with E-state index >= 15 is 0 Å². The highest BCUT2D eigenvalue weighted by Gasteiger charge is 2.35. The van der Waals surface area contributed by atoms with Crippen molar-refractivity contribution in [2.75, 3.05) is 51.3 Å². The summed E-state index contributed by atoms with van der Waals surface area (Å²) in [5, 5.41) is 4.18. The largest absolute Gasteiger partial charge is 0.495 e. The van der Waals surface area contributed by atoms with Crippen molar-refractivity contribution in [3.8, 4) is 5.75 Å². The van der Waals surface area contributed by atoms with Crippen LogP contribution in [0.3, 0.4) is 0 Å². The summed E-state index contributed by atoms with van der Waals surface area (Å²) in [6, 6.07) is 17.5. The van der Waals surface area contributed by atoms with Crippen LogP contribution in [-0.4, -0.2) is 74.2 Å². The molecule has 0 unspecified atom stereocenters. The minimum Gasteiger partial charge on any atom is -0.495 e. The van der Waals surface area contributed by atoms with E-state index in [0.29, 0.717) is 24.4 Å². The number of anilines is 1. The molecule has 2 atom stereocenters. The predicted molar refractivity (Wildman–Crippen MR) is 164 cm³/mol. The molecule has 3 aliphatic rings. The Morgan fingerprint density at radius 1 is 0.950 bits per heavy atom. The lowest BCUT2D eigenvalue weighted by Crippen LogP contribution is -2.56. The van der Waals surface area contributed by atoms with Crippen molar-refractivity contribution >= 4 is 23.2 Å². The highest BCUT2D eigenvalue weighted by molar-refractivity contribution is 6.30. The van der Waals surface area contributed by atoms with E-state index in [-0.39, 0.29) is 5.91 Å². The van der Waals surface area contributed by atoms with Gasteiger partial charge in [0.05, 0.1) is 12.8 Å². The third-order valence-electron chi connectivity index (χ3n) is 9.24. The van der Waals surface area contributed by atoms with Gasteiger partial charge in [0.2, 0.25) is 5.91 Å². The van der Waals surface area contributed by atoms with Crippen LogP contribution in [0.2, 0.25) is 5.02 Å². The SMILES string of the molecule is COc1ccccc1N1CCN([C@@H]2CCN(Cc3cccc(Cl)c3)C[C@@H]2CCC(=O)NC2CCCCCC2)CC1. The molecule has 218 valence electrons. The van der Waals surface area contributed by atoms with Crippen LogP contribution in [0, 0.1) is 5.92 Å². The summed E-state index contributed by atoms with van der Waals surface area (Å²) in [4.78, 5) is 20.8. The van der Waals surface area contributed by atoms with Crippen LogP contribution in [0.4, 0.5) is 5.69 Å². The number of piperidine rings is 1. The van der Waals surface area contributed by atoms with Crippen LogP contribution >= 0.6 is 11.6 Å². The fraction of sp³-hybridized carbons (Fsp3) is 0.606. The number of piperazine rings is 1. The maximum Gasteiger partial charge on any atom is 0.220 e. The summed E-state index contributed by atoms with van der Waals surface area (Å²) < 4.78 is 5.64. The molecule has 1 aliphatic carbocycles. The number of hydrogen-bond acceptors (Lipinski definition) is 5.